The Morgan fingerprint density at radius 1 is 1.10 bits per heavy atom. The molecule has 0 radical (unpaired) electrons. The van der Waals surface area contributed by atoms with Crippen LogP contribution in [0.2, 0.25) is 5.02 Å². The lowest BCUT2D eigenvalue weighted by molar-refractivity contribution is -0.129. The van der Waals surface area contributed by atoms with Gasteiger partial charge in [0.05, 0.1) is 17.9 Å². The fraction of sp³-hybridized carbons (Fsp3) is 0.267. The maximum atomic E-state index is 13.3. The Bertz CT molecular complexity index is 1360. The van der Waals surface area contributed by atoms with Crippen molar-refractivity contribution in [3.63, 3.8) is 0 Å². The van der Waals surface area contributed by atoms with E-state index in [4.69, 9.17) is 21.3 Å². The standard InChI is InChI=1S/C30H30ClN3O4S/c1-3-38-29(37)22-12-15-23(16-13-22)33-30-34(17-7-10-21-8-5-4-6-9-21)27(35)19-26(39-30)28(36)32-24-14-11-20(2)25(31)18-24/h4-6,8-9,11-16,18,26H,3,7,10,17,19H2,1-2H3,(H,32,36). The van der Waals surface area contributed by atoms with Gasteiger partial charge in [0, 0.05) is 23.7 Å². The summed E-state index contributed by atoms with van der Waals surface area (Å²) in [6.45, 7) is 4.40. The Hall–Kier alpha value is -3.62. The maximum Gasteiger partial charge on any atom is 0.338 e. The number of amides is 2. The van der Waals surface area contributed by atoms with Gasteiger partial charge in [0.15, 0.2) is 5.17 Å². The fourth-order valence-electron chi connectivity index (χ4n) is 4.04. The first-order chi connectivity index (χ1) is 18.8. The van der Waals surface area contributed by atoms with E-state index in [2.05, 4.69) is 17.4 Å². The molecule has 0 aliphatic carbocycles. The minimum atomic E-state index is -0.652. The zero-order valence-corrected chi connectivity index (χ0v) is 23.4. The zero-order chi connectivity index (χ0) is 27.8. The molecule has 1 heterocycles. The number of carbonyl (C=O) groups is 3. The topological polar surface area (TPSA) is 88.1 Å². The van der Waals surface area contributed by atoms with E-state index in [9.17, 15) is 14.4 Å². The normalized spacial score (nSPS) is 16.3. The molecule has 0 spiro atoms. The first kappa shape index (κ1) is 28.4. The Balaban J connectivity index is 1.53. The molecular weight excluding hydrogens is 534 g/mol. The lowest BCUT2D eigenvalue weighted by atomic mass is 10.1. The van der Waals surface area contributed by atoms with Crippen LogP contribution in [0.3, 0.4) is 0 Å². The van der Waals surface area contributed by atoms with Gasteiger partial charge in [0.25, 0.3) is 0 Å². The number of aryl methyl sites for hydroxylation is 2. The number of rotatable bonds is 9. The van der Waals surface area contributed by atoms with Gasteiger partial charge in [-0.3, -0.25) is 14.5 Å². The van der Waals surface area contributed by atoms with E-state index < -0.39 is 11.2 Å². The molecule has 0 bridgehead atoms. The van der Waals surface area contributed by atoms with Gasteiger partial charge in [0.1, 0.15) is 5.25 Å². The molecule has 1 fully saturated rings. The van der Waals surface area contributed by atoms with Gasteiger partial charge in [-0.2, -0.15) is 0 Å². The molecule has 7 nitrogen and oxygen atoms in total. The summed E-state index contributed by atoms with van der Waals surface area (Å²) >= 11 is 7.47. The highest BCUT2D eigenvalue weighted by atomic mass is 35.5. The van der Waals surface area contributed by atoms with E-state index >= 15 is 0 Å². The number of esters is 1. The van der Waals surface area contributed by atoms with Crippen LogP contribution >= 0.6 is 23.4 Å². The van der Waals surface area contributed by atoms with Crippen LogP contribution in [0.5, 0.6) is 0 Å². The van der Waals surface area contributed by atoms with Crippen molar-refractivity contribution in [1.82, 2.24) is 4.90 Å². The van der Waals surface area contributed by atoms with Crippen molar-refractivity contribution in [1.29, 1.82) is 0 Å². The Morgan fingerprint density at radius 3 is 2.54 bits per heavy atom. The largest absolute Gasteiger partial charge is 0.462 e. The van der Waals surface area contributed by atoms with Crippen molar-refractivity contribution in [3.8, 4) is 0 Å². The van der Waals surface area contributed by atoms with Crippen LogP contribution in [-0.4, -0.2) is 46.3 Å². The molecule has 1 aliphatic heterocycles. The van der Waals surface area contributed by atoms with Gasteiger partial charge in [0.2, 0.25) is 11.8 Å². The molecule has 0 saturated carbocycles. The first-order valence-corrected chi connectivity index (χ1v) is 14.0. The third-order valence-corrected chi connectivity index (χ3v) is 7.76. The average molecular weight is 564 g/mol. The van der Waals surface area contributed by atoms with Gasteiger partial charge in [-0.25, -0.2) is 9.79 Å². The van der Waals surface area contributed by atoms with Gasteiger partial charge in [-0.05, 0) is 74.2 Å². The van der Waals surface area contributed by atoms with E-state index in [1.807, 2.05) is 31.2 Å². The van der Waals surface area contributed by atoms with E-state index in [0.717, 1.165) is 18.4 Å². The molecule has 9 heteroatoms. The van der Waals surface area contributed by atoms with E-state index in [1.165, 1.54) is 17.3 Å². The molecule has 1 atom stereocenters. The van der Waals surface area contributed by atoms with Crippen molar-refractivity contribution in [2.24, 2.45) is 4.99 Å². The van der Waals surface area contributed by atoms with E-state index in [0.29, 0.717) is 33.7 Å². The molecule has 3 aromatic rings. The maximum absolute atomic E-state index is 13.3. The van der Waals surface area contributed by atoms with Crippen LogP contribution in [0, 0.1) is 6.92 Å². The van der Waals surface area contributed by atoms with Crippen LogP contribution in [0.4, 0.5) is 11.4 Å². The quantitative estimate of drug-likeness (QED) is 0.304. The molecule has 1 N–H and O–H groups in total. The number of hydrogen-bond donors (Lipinski definition) is 1. The number of ether oxygens (including phenoxy) is 1. The van der Waals surface area contributed by atoms with Gasteiger partial charge in [-0.15, -0.1) is 0 Å². The molecule has 1 unspecified atom stereocenters. The third kappa shape index (κ3) is 7.71. The van der Waals surface area contributed by atoms with Crippen LogP contribution in [-0.2, 0) is 20.7 Å². The number of amidine groups is 1. The average Bonchev–Trinajstić information content (AvgIpc) is 2.93. The molecule has 1 saturated heterocycles. The van der Waals surface area contributed by atoms with E-state index in [-0.39, 0.29) is 24.8 Å². The van der Waals surface area contributed by atoms with Crippen LogP contribution in [0.15, 0.2) is 77.8 Å². The number of nitrogens with one attached hydrogen (secondary N) is 1. The number of nitrogens with zero attached hydrogens (tertiary/aromatic N) is 2. The Labute approximate surface area is 237 Å². The number of halogens is 1. The first-order valence-electron chi connectivity index (χ1n) is 12.8. The molecule has 39 heavy (non-hydrogen) atoms. The van der Waals surface area contributed by atoms with Gasteiger partial charge >= 0.3 is 5.97 Å². The minimum Gasteiger partial charge on any atom is -0.462 e. The predicted molar refractivity (Wildman–Crippen MR) is 157 cm³/mol. The smallest absolute Gasteiger partial charge is 0.338 e. The highest BCUT2D eigenvalue weighted by Gasteiger charge is 2.35. The van der Waals surface area contributed by atoms with Crippen molar-refractivity contribution >= 4 is 57.7 Å². The molecule has 3 aromatic carbocycles. The van der Waals surface area contributed by atoms with Crippen molar-refractivity contribution in [2.45, 2.75) is 38.4 Å². The highest BCUT2D eigenvalue weighted by Crippen LogP contribution is 2.31. The van der Waals surface area contributed by atoms with Crippen molar-refractivity contribution < 1.29 is 19.1 Å². The number of thioether (sulfide) groups is 1. The monoisotopic (exact) mass is 563 g/mol. The van der Waals surface area contributed by atoms with Crippen LogP contribution < -0.4 is 5.32 Å². The summed E-state index contributed by atoms with van der Waals surface area (Å²) in [6, 6.07) is 22.1. The summed E-state index contributed by atoms with van der Waals surface area (Å²) in [6.07, 6.45) is 1.62. The summed E-state index contributed by atoms with van der Waals surface area (Å²) < 4.78 is 5.05. The number of anilines is 1. The lowest BCUT2D eigenvalue weighted by Gasteiger charge is -2.32. The molecule has 1 aliphatic rings. The van der Waals surface area contributed by atoms with Gasteiger partial charge in [-0.1, -0.05) is 59.8 Å². The minimum absolute atomic E-state index is 0.0578. The van der Waals surface area contributed by atoms with Gasteiger partial charge < -0.3 is 10.1 Å². The fourth-order valence-corrected chi connectivity index (χ4v) is 5.34. The molecule has 0 aromatic heterocycles. The van der Waals surface area contributed by atoms with E-state index in [1.54, 1.807) is 48.2 Å². The summed E-state index contributed by atoms with van der Waals surface area (Å²) in [5.41, 5.74) is 3.66. The number of hydrogen-bond acceptors (Lipinski definition) is 6. The third-order valence-electron chi connectivity index (χ3n) is 6.16. The van der Waals surface area contributed by atoms with Crippen molar-refractivity contribution in [3.05, 3.63) is 94.5 Å². The summed E-state index contributed by atoms with van der Waals surface area (Å²) in [7, 11) is 0. The summed E-state index contributed by atoms with van der Waals surface area (Å²) in [5, 5.41) is 3.23. The second-order valence-electron chi connectivity index (χ2n) is 9.06. The number of aliphatic imine (C=N–C) groups is 1. The molecule has 4 rings (SSSR count). The second-order valence-corrected chi connectivity index (χ2v) is 10.6. The lowest BCUT2D eigenvalue weighted by Crippen LogP contribution is -2.45. The molecule has 202 valence electrons. The summed E-state index contributed by atoms with van der Waals surface area (Å²) in [4.78, 5) is 44.8. The molecular formula is C30H30ClN3O4S. The second kappa shape index (κ2) is 13.4. The van der Waals surface area contributed by atoms with Crippen molar-refractivity contribution in [2.75, 3.05) is 18.5 Å². The highest BCUT2D eigenvalue weighted by molar-refractivity contribution is 8.15. The number of carbonyl (C=O) groups excluding carboxylic acids is 3. The zero-order valence-electron chi connectivity index (χ0n) is 21.9. The number of benzene rings is 3. The summed E-state index contributed by atoms with van der Waals surface area (Å²) in [5.74, 6) is -0.859. The SMILES string of the molecule is CCOC(=O)c1ccc(N=C2SC(C(=O)Nc3ccc(C)c(Cl)c3)CC(=O)N2CCCc2ccccc2)cc1. The predicted octanol–water partition coefficient (Wildman–Crippen LogP) is 6.42. The van der Waals surface area contributed by atoms with Crippen LogP contribution in [0.1, 0.15) is 41.3 Å². The Morgan fingerprint density at radius 2 is 1.85 bits per heavy atom. The molecule has 2 amide bonds. The Kier molecular flexibility index (Phi) is 9.79. The van der Waals surface area contributed by atoms with Crippen LogP contribution in [0.25, 0.3) is 0 Å².